The molecular formula is C14H16. The van der Waals surface area contributed by atoms with Crippen LogP contribution in [0.3, 0.4) is 0 Å². The van der Waals surface area contributed by atoms with Crippen LogP contribution in [-0.4, -0.2) is 0 Å². The van der Waals surface area contributed by atoms with Crippen molar-refractivity contribution in [2.75, 3.05) is 0 Å². The van der Waals surface area contributed by atoms with Crippen LogP contribution in [0.1, 0.15) is 36.8 Å². The fourth-order valence-electron chi connectivity index (χ4n) is 2.86. The van der Waals surface area contributed by atoms with E-state index in [4.69, 9.17) is 0 Å². The van der Waals surface area contributed by atoms with E-state index in [1.807, 2.05) is 0 Å². The van der Waals surface area contributed by atoms with Gasteiger partial charge in [-0.3, -0.25) is 0 Å². The molecule has 0 amide bonds. The van der Waals surface area contributed by atoms with Crippen LogP contribution in [0.25, 0.3) is 6.08 Å². The normalized spacial score (nSPS) is 24.9. The van der Waals surface area contributed by atoms with Gasteiger partial charge in [-0.15, -0.1) is 0 Å². The van der Waals surface area contributed by atoms with E-state index >= 15 is 0 Å². The maximum absolute atomic E-state index is 2.45. The Balaban J connectivity index is 2.03. The van der Waals surface area contributed by atoms with Crippen LogP contribution >= 0.6 is 0 Å². The molecule has 0 nitrogen and oxygen atoms in total. The number of hydrogen-bond acceptors (Lipinski definition) is 0. The molecule has 0 radical (unpaired) electrons. The van der Waals surface area contributed by atoms with Crippen LogP contribution < -0.4 is 0 Å². The third-order valence-electron chi connectivity index (χ3n) is 3.65. The third-order valence-corrected chi connectivity index (χ3v) is 3.65. The topological polar surface area (TPSA) is 0 Å². The first-order chi connectivity index (χ1) is 6.93. The van der Waals surface area contributed by atoms with Gasteiger partial charge in [0.25, 0.3) is 0 Å². The highest BCUT2D eigenvalue weighted by Gasteiger charge is 2.23. The lowest BCUT2D eigenvalue weighted by atomic mass is 9.76. The second-order valence-electron chi connectivity index (χ2n) is 4.56. The van der Waals surface area contributed by atoms with Gasteiger partial charge in [-0.2, -0.15) is 0 Å². The van der Waals surface area contributed by atoms with Crippen LogP contribution in [0.15, 0.2) is 29.8 Å². The quantitative estimate of drug-likeness (QED) is 0.575. The summed E-state index contributed by atoms with van der Waals surface area (Å²) in [5, 5.41) is 0. The Labute approximate surface area is 85.6 Å². The summed E-state index contributed by atoms with van der Waals surface area (Å²) in [7, 11) is 0. The maximum atomic E-state index is 2.45. The SMILES string of the molecule is C1=C2CCCCC2Cc2ccccc21. The van der Waals surface area contributed by atoms with Crippen molar-refractivity contribution in [3.05, 3.63) is 41.0 Å². The molecule has 1 saturated carbocycles. The third kappa shape index (κ3) is 1.30. The molecule has 1 fully saturated rings. The molecule has 0 N–H and O–H groups in total. The number of benzene rings is 1. The van der Waals surface area contributed by atoms with Gasteiger partial charge < -0.3 is 0 Å². The highest BCUT2D eigenvalue weighted by Crippen LogP contribution is 2.37. The minimum Gasteiger partial charge on any atom is -0.0662 e. The summed E-state index contributed by atoms with van der Waals surface area (Å²) in [5.41, 5.74) is 4.75. The fraction of sp³-hybridized carbons (Fsp3) is 0.429. The molecule has 1 aromatic rings. The van der Waals surface area contributed by atoms with Crippen LogP contribution in [0.5, 0.6) is 0 Å². The molecule has 1 atom stereocenters. The molecule has 0 aliphatic heterocycles. The van der Waals surface area contributed by atoms with Crippen molar-refractivity contribution in [1.29, 1.82) is 0 Å². The highest BCUT2D eigenvalue weighted by atomic mass is 14.3. The van der Waals surface area contributed by atoms with Crippen LogP contribution in [0, 0.1) is 5.92 Å². The van der Waals surface area contributed by atoms with Crippen molar-refractivity contribution in [3.8, 4) is 0 Å². The van der Waals surface area contributed by atoms with Crippen molar-refractivity contribution >= 4 is 6.08 Å². The smallest absolute Gasteiger partial charge is 0.0159 e. The van der Waals surface area contributed by atoms with Crippen molar-refractivity contribution in [2.24, 2.45) is 5.92 Å². The molecular weight excluding hydrogens is 168 g/mol. The van der Waals surface area contributed by atoms with E-state index in [9.17, 15) is 0 Å². The molecule has 0 heteroatoms. The van der Waals surface area contributed by atoms with Gasteiger partial charge in [-0.25, -0.2) is 0 Å². The van der Waals surface area contributed by atoms with Crippen molar-refractivity contribution < 1.29 is 0 Å². The number of hydrogen-bond donors (Lipinski definition) is 0. The monoisotopic (exact) mass is 184 g/mol. The summed E-state index contributed by atoms with van der Waals surface area (Å²) in [6, 6.07) is 8.86. The predicted molar refractivity (Wildman–Crippen MR) is 60.1 cm³/mol. The van der Waals surface area contributed by atoms with Crippen molar-refractivity contribution in [2.45, 2.75) is 32.1 Å². The summed E-state index contributed by atoms with van der Waals surface area (Å²) in [6.07, 6.45) is 9.35. The van der Waals surface area contributed by atoms with Gasteiger partial charge in [0, 0.05) is 0 Å². The van der Waals surface area contributed by atoms with E-state index in [1.54, 1.807) is 11.1 Å². The largest absolute Gasteiger partial charge is 0.0662 e. The molecule has 1 aromatic carbocycles. The minimum absolute atomic E-state index is 0.874. The first-order valence-electron chi connectivity index (χ1n) is 5.72. The van der Waals surface area contributed by atoms with Crippen molar-refractivity contribution in [1.82, 2.24) is 0 Å². The van der Waals surface area contributed by atoms with Crippen LogP contribution in [0.4, 0.5) is 0 Å². The lowest BCUT2D eigenvalue weighted by Gasteiger charge is -2.29. The molecule has 0 spiro atoms. The molecule has 0 aromatic heterocycles. The van der Waals surface area contributed by atoms with E-state index in [2.05, 4.69) is 30.3 Å². The zero-order valence-electron chi connectivity index (χ0n) is 8.50. The Bertz CT molecular complexity index is 373. The zero-order chi connectivity index (χ0) is 9.38. The Morgan fingerprint density at radius 1 is 1.07 bits per heavy atom. The lowest BCUT2D eigenvalue weighted by molar-refractivity contribution is 0.450. The van der Waals surface area contributed by atoms with Gasteiger partial charge in [0.15, 0.2) is 0 Å². The standard InChI is InChI=1S/C14H16/c1-2-6-12-10-14-8-4-3-7-13(14)9-11(12)5-1/h1-2,5-6,9,14H,3-4,7-8,10H2. The Kier molecular flexibility index (Phi) is 1.93. The molecule has 2 aliphatic rings. The van der Waals surface area contributed by atoms with Gasteiger partial charge >= 0.3 is 0 Å². The molecule has 1 unspecified atom stereocenters. The lowest BCUT2D eigenvalue weighted by Crippen LogP contribution is -2.16. The summed E-state index contributed by atoms with van der Waals surface area (Å²) in [6.45, 7) is 0. The molecule has 0 heterocycles. The molecule has 3 rings (SSSR count). The fourth-order valence-corrected chi connectivity index (χ4v) is 2.86. The molecule has 2 aliphatic carbocycles. The highest BCUT2D eigenvalue weighted by molar-refractivity contribution is 5.60. The van der Waals surface area contributed by atoms with E-state index in [-0.39, 0.29) is 0 Å². The molecule has 72 valence electrons. The summed E-state index contributed by atoms with van der Waals surface area (Å²) in [5.74, 6) is 0.874. The summed E-state index contributed by atoms with van der Waals surface area (Å²) >= 11 is 0. The zero-order valence-corrected chi connectivity index (χ0v) is 8.50. The second-order valence-corrected chi connectivity index (χ2v) is 4.56. The summed E-state index contributed by atoms with van der Waals surface area (Å²) in [4.78, 5) is 0. The first-order valence-corrected chi connectivity index (χ1v) is 5.72. The van der Waals surface area contributed by atoms with E-state index in [0.29, 0.717) is 0 Å². The average molecular weight is 184 g/mol. The van der Waals surface area contributed by atoms with Gasteiger partial charge in [-0.1, -0.05) is 42.3 Å². The van der Waals surface area contributed by atoms with Crippen molar-refractivity contribution in [3.63, 3.8) is 0 Å². The van der Waals surface area contributed by atoms with E-state index in [1.165, 1.54) is 37.7 Å². The predicted octanol–water partition coefficient (Wildman–Crippen LogP) is 3.82. The van der Waals surface area contributed by atoms with Gasteiger partial charge in [0.1, 0.15) is 0 Å². The minimum atomic E-state index is 0.874. The maximum Gasteiger partial charge on any atom is -0.0159 e. The van der Waals surface area contributed by atoms with Crippen LogP contribution in [0.2, 0.25) is 0 Å². The van der Waals surface area contributed by atoms with E-state index in [0.717, 1.165) is 5.92 Å². The number of fused-ring (bicyclic) bond motifs is 2. The molecule has 0 bridgehead atoms. The Hall–Kier alpha value is -1.04. The van der Waals surface area contributed by atoms with Gasteiger partial charge in [0.2, 0.25) is 0 Å². The molecule has 14 heavy (non-hydrogen) atoms. The van der Waals surface area contributed by atoms with Gasteiger partial charge in [-0.05, 0) is 42.7 Å². The van der Waals surface area contributed by atoms with Gasteiger partial charge in [0.05, 0.1) is 0 Å². The Morgan fingerprint density at radius 3 is 3.00 bits per heavy atom. The number of rotatable bonds is 0. The first kappa shape index (κ1) is 8.28. The number of allylic oxidation sites excluding steroid dienone is 1. The Morgan fingerprint density at radius 2 is 2.00 bits per heavy atom. The van der Waals surface area contributed by atoms with E-state index < -0.39 is 0 Å². The second kappa shape index (κ2) is 3.27. The molecule has 0 saturated heterocycles. The van der Waals surface area contributed by atoms with Crippen LogP contribution in [-0.2, 0) is 6.42 Å². The summed E-state index contributed by atoms with van der Waals surface area (Å²) < 4.78 is 0. The average Bonchev–Trinajstić information content (AvgIpc) is 2.26.